The minimum absolute atomic E-state index is 0.0899. The number of hydrogen-bond donors (Lipinski definition) is 2. The largest absolute Gasteiger partial charge is 0.352 e. The Bertz CT molecular complexity index is 867. The molecule has 0 aromatic heterocycles. The smallest absolute Gasteiger partial charge is 0.222 e. The molecular formula is C25H32BrN3O2. The van der Waals surface area contributed by atoms with Crippen LogP contribution in [-0.2, 0) is 22.7 Å². The summed E-state index contributed by atoms with van der Waals surface area (Å²) in [6.07, 6.45) is 4.10. The molecular weight excluding hydrogens is 454 g/mol. The number of nitrogens with zero attached hydrogens (tertiary/aromatic N) is 1. The van der Waals surface area contributed by atoms with Crippen molar-refractivity contribution < 1.29 is 9.59 Å². The van der Waals surface area contributed by atoms with Crippen molar-refractivity contribution in [3.8, 4) is 0 Å². The number of carbonyl (C=O) groups is 2. The van der Waals surface area contributed by atoms with Gasteiger partial charge < -0.3 is 10.6 Å². The molecule has 0 aliphatic carbocycles. The SMILES string of the molecule is CC(=O)NC(CC(=O)NCc1ccc(CN2CCCCC2C)cc1)c1ccc(Br)cc1. The summed E-state index contributed by atoms with van der Waals surface area (Å²) >= 11 is 3.41. The van der Waals surface area contributed by atoms with Crippen molar-refractivity contribution in [1.29, 1.82) is 0 Å². The molecule has 2 aromatic rings. The van der Waals surface area contributed by atoms with Crippen molar-refractivity contribution in [2.24, 2.45) is 0 Å². The summed E-state index contributed by atoms with van der Waals surface area (Å²) in [5, 5.41) is 5.86. The first-order valence-electron chi connectivity index (χ1n) is 11.0. The van der Waals surface area contributed by atoms with E-state index >= 15 is 0 Å². The van der Waals surface area contributed by atoms with Gasteiger partial charge in [0, 0.05) is 30.5 Å². The quantitative estimate of drug-likeness (QED) is 0.569. The van der Waals surface area contributed by atoms with Crippen molar-refractivity contribution in [3.63, 3.8) is 0 Å². The summed E-state index contributed by atoms with van der Waals surface area (Å²) < 4.78 is 0.959. The highest BCUT2D eigenvalue weighted by atomic mass is 79.9. The van der Waals surface area contributed by atoms with Crippen molar-refractivity contribution in [2.45, 2.75) is 64.7 Å². The lowest BCUT2D eigenvalue weighted by atomic mass is 10.0. The predicted octanol–water partition coefficient (Wildman–Crippen LogP) is 4.71. The zero-order valence-electron chi connectivity index (χ0n) is 18.4. The van der Waals surface area contributed by atoms with Crippen LogP contribution < -0.4 is 10.6 Å². The van der Waals surface area contributed by atoms with E-state index in [9.17, 15) is 9.59 Å². The van der Waals surface area contributed by atoms with Gasteiger partial charge in [0.05, 0.1) is 12.5 Å². The number of amides is 2. The molecule has 2 aromatic carbocycles. The lowest BCUT2D eigenvalue weighted by Crippen LogP contribution is -2.36. The van der Waals surface area contributed by atoms with Crippen LogP contribution in [0.15, 0.2) is 53.0 Å². The Morgan fingerprint density at radius 2 is 1.74 bits per heavy atom. The lowest BCUT2D eigenvalue weighted by Gasteiger charge is -2.33. The van der Waals surface area contributed by atoms with Gasteiger partial charge in [0.15, 0.2) is 0 Å². The van der Waals surface area contributed by atoms with Gasteiger partial charge in [-0.15, -0.1) is 0 Å². The highest BCUT2D eigenvalue weighted by Crippen LogP contribution is 2.21. The van der Waals surface area contributed by atoms with Gasteiger partial charge in [0.2, 0.25) is 11.8 Å². The van der Waals surface area contributed by atoms with Crippen LogP contribution in [0.3, 0.4) is 0 Å². The molecule has 5 nitrogen and oxygen atoms in total. The van der Waals surface area contributed by atoms with Crippen LogP contribution >= 0.6 is 15.9 Å². The molecule has 2 N–H and O–H groups in total. The van der Waals surface area contributed by atoms with E-state index in [1.54, 1.807) is 0 Å². The normalized spacial score (nSPS) is 17.7. The Morgan fingerprint density at radius 3 is 2.39 bits per heavy atom. The molecule has 1 saturated heterocycles. The zero-order chi connectivity index (χ0) is 22.2. The Kier molecular flexibility index (Phi) is 8.67. The van der Waals surface area contributed by atoms with Crippen molar-refractivity contribution >= 4 is 27.7 Å². The van der Waals surface area contributed by atoms with Gasteiger partial charge in [0.25, 0.3) is 0 Å². The Labute approximate surface area is 193 Å². The van der Waals surface area contributed by atoms with Crippen LogP contribution in [-0.4, -0.2) is 29.3 Å². The molecule has 166 valence electrons. The highest BCUT2D eigenvalue weighted by molar-refractivity contribution is 9.10. The van der Waals surface area contributed by atoms with Crippen molar-refractivity contribution in [2.75, 3.05) is 6.54 Å². The fraction of sp³-hybridized carbons (Fsp3) is 0.440. The number of carbonyl (C=O) groups excluding carboxylic acids is 2. The van der Waals surface area contributed by atoms with Gasteiger partial charge in [-0.2, -0.15) is 0 Å². The number of likely N-dealkylation sites (tertiary alicyclic amines) is 1. The summed E-state index contributed by atoms with van der Waals surface area (Å²) in [5.74, 6) is -0.243. The molecule has 2 unspecified atom stereocenters. The molecule has 6 heteroatoms. The first-order chi connectivity index (χ1) is 14.9. The molecule has 2 atom stereocenters. The van der Waals surface area contributed by atoms with Gasteiger partial charge in [-0.05, 0) is 55.1 Å². The standard InChI is InChI=1S/C25H32BrN3O2/c1-18-5-3-4-14-29(18)17-21-8-6-20(7-9-21)16-27-25(31)15-24(28-19(2)30)22-10-12-23(26)13-11-22/h6-13,18,24H,3-5,14-17H2,1-2H3,(H,27,31)(H,28,30). The molecule has 0 saturated carbocycles. The first-order valence-corrected chi connectivity index (χ1v) is 11.8. The van der Waals surface area contributed by atoms with E-state index in [-0.39, 0.29) is 24.3 Å². The van der Waals surface area contributed by atoms with Crippen molar-refractivity contribution in [3.05, 3.63) is 69.7 Å². The number of benzene rings is 2. The molecule has 1 aliphatic heterocycles. The first kappa shape index (κ1) is 23.5. The average Bonchev–Trinajstić information content (AvgIpc) is 2.75. The van der Waals surface area contributed by atoms with Gasteiger partial charge in [-0.25, -0.2) is 0 Å². The molecule has 1 heterocycles. The maximum absolute atomic E-state index is 12.5. The van der Waals surface area contributed by atoms with Crippen LogP contribution in [0.2, 0.25) is 0 Å². The maximum atomic E-state index is 12.5. The monoisotopic (exact) mass is 485 g/mol. The topological polar surface area (TPSA) is 61.4 Å². The zero-order valence-corrected chi connectivity index (χ0v) is 20.0. The molecule has 3 rings (SSSR count). The van der Waals surface area contributed by atoms with Gasteiger partial charge in [-0.1, -0.05) is 58.7 Å². The highest BCUT2D eigenvalue weighted by Gasteiger charge is 2.19. The number of piperidine rings is 1. The van der Waals surface area contributed by atoms with E-state index in [1.807, 2.05) is 24.3 Å². The van der Waals surface area contributed by atoms with E-state index in [0.29, 0.717) is 12.6 Å². The molecule has 1 aliphatic rings. The van der Waals surface area contributed by atoms with Gasteiger partial charge in [-0.3, -0.25) is 14.5 Å². The van der Waals surface area contributed by atoms with Crippen LogP contribution in [0.5, 0.6) is 0 Å². The third-order valence-electron chi connectivity index (χ3n) is 5.88. The molecule has 0 radical (unpaired) electrons. The summed E-state index contributed by atoms with van der Waals surface area (Å²) in [7, 11) is 0. The van der Waals surface area contributed by atoms with Gasteiger partial charge >= 0.3 is 0 Å². The second-order valence-electron chi connectivity index (χ2n) is 8.42. The minimum atomic E-state index is -0.348. The van der Waals surface area contributed by atoms with E-state index in [1.165, 1.54) is 38.3 Å². The summed E-state index contributed by atoms with van der Waals surface area (Å²) in [6, 6.07) is 16.4. The van der Waals surface area contributed by atoms with E-state index < -0.39 is 0 Å². The Balaban J connectivity index is 1.51. The Morgan fingerprint density at radius 1 is 1.06 bits per heavy atom. The van der Waals surface area contributed by atoms with Crippen LogP contribution in [0, 0.1) is 0 Å². The average molecular weight is 486 g/mol. The third-order valence-corrected chi connectivity index (χ3v) is 6.41. The fourth-order valence-electron chi connectivity index (χ4n) is 4.04. The van der Waals surface area contributed by atoms with Crippen molar-refractivity contribution in [1.82, 2.24) is 15.5 Å². The predicted molar refractivity (Wildman–Crippen MR) is 127 cm³/mol. The minimum Gasteiger partial charge on any atom is -0.352 e. The molecule has 0 bridgehead atoms. The maximum Gasteiger partial charge on any atom is 0.222 e. The fourth-order valence-corrected chi connectivity index (χ4v) is 4.30. The number of halogens is 1. The van der Waals surface area contributed by atoms with Gasteiger partial charge in [0.1, 0.15) is 0 Å². The Hall–Kier alpha value is -2.18. The van der Waals surface area contributed by atoms with E-state index in [0.717, 1.165) is 22.1 Å². The second-order valence-corrected chi connectivity index (χ2v) is 9.33. The summed E-state index contributed by atoms with van der Waals surface area (Å²) in [6.45, 7) is 6.42. The van der Waals surface area contributed by atoms with E-state index in [4.69, 9.17) is 0 Å². The number of rotatable bonds is 8. The molecule has 1 fully saturated rings. The van der Waals surface area contributed by atoms with Crippen LogP contribution in [0.4, 0.5) is 0 Å². The number of nitrogens with one attached hydrogen (secondary N) is 2. The summed E-state index contributed by atoms with van der Waals surface area (Å²) in [5.41, 5.74) is 3.29. The molecule has 31 heavy (non-hydrogen) atoms. The number of hydrogen-bond acceptors (Lipinski definition) is 3. The molecule has 2 amide bonds. The lowest BCUT2D eigenvalue weighted by molar-refractivity contribution is -0.122. The van der Waals surface area contributed by atoms with E-state index in [2.05, 4.69) is 62.7 Å². The van der Waals surface area contributed by atoms with Crippen LogP contribution in [0.25, 0.3) is 0 Å². The third kappa shape index (κ3) is 7.47. The summed E-state index contributed by atoms with van der Waals surface area (Å²) in [4.78, 5) is 26.7. The second kappa shape index (κ2) is 11.4. The van der Waals surface area contributed by atoms with Crippen LogP contribution in [0.1, 0.15) is 62.3 Å². The molecule has 0 spiro atoms.